The Kier molecular flexibility index (Phi) is 5.26. The fourth-order valence-electron chi connectivity index (χ4n) is 3.13. The average Bonchev–Trinajstić information content (AvgIpc) is 3.40. The second-order valence-corrected chi connectivity index (χ2v) is 6.39. The van der Waals surface area contributed by atoms with Gasteiger partial charge < -0.3 is 10.6 Å². The molecule has 1 amide bonds. The minimum atomic E-state index is -0.240. The third-order valence-electron chi connectivity index (χ3n) is 4.57. The highest BCUT2D eigenvalue weighted by atomic mass is 19.1. The van der Waals surface area contributed by atoms with E-state index in [0.29, 0.717) is 19.6 Å². The van der Waals surface area contributed by atoms with E-state index in [2.05, 4.69) is 0 Å². The van der Waals surface area contributed by atoms with Crippen LogP contribution >= 0.6 is 0 Å². The number of amides is 1. The molecule has 0 radical (unpaired) electrons. The van der Waals surface area contributed by atoms with Gasteiger partial charge in [-0.1, -0.05) is 42.5 Å². The van der Waals surface area contributed by atoms with Crippen LogP contribution in [0.3, 0.4) is 0 Å². The molecule has 126 valence electrons. The Morgan fingerprint density at radius 1 is 1.12 bits per heavy atom. The van der Waals surface area contributed by atoms with Crippen molar-refractivity contribution in [2.45, 2.75) is 25.3 Å². The van der Waals surface area contributed by atoms with Gasteiger partial charge in [0.1, 0.15) is 5.82 Å². The molecule has 2 unspecified atom stereocenters. The summed E-state index contributed by atoms with van der Waals surface area (Å²) in [7, 11) is 0. The molecule has 0 spiro atoms. The number of hydrogen-bond acceptors (Lipinski definition) is 2. The summed E-state index contributed by atoms with van der Waals surface area (Å²) >= 11 is 0. The van der Waals surface area contributed by atoms with Crippen LogP contribution in [0.25, 0.3) is 0 Å². The lowest BCUT2D eigenvalue weighted by Gasteiger charge is -2.23. The van der Waals surface area contributed by atoms with Crippen LogP contribution < -0.4 is 5.73 Å². The van der Waals surface area contributed by atoms with Crippen LogP contribution in [0.5, 0.6) is 0 Å². The third kappa shape index (κ3) is 4.01. The first-order valence-electron chi connectivity index (χ1n) is 8.47. The number of halogens is 1. The van der Waals surface area contributed by atoms with Crippen LogP contribution in [0.15, 0.2) is 54.6 Å². The zero-order valence-electron chi connectivity index (χ0n) is 13.7. The van der Waals surface area contributed by atoms with Crippen LogP contribution in [0.2, 0.25) is 0 Å². The van der Waals surface area contributed by atoms with Crippen LogP contribution in [0, 0.1) is 11.7 Å². The number of rotatable bonds is 7. The van der Waals surface area contributed by atoms with E-state index in [1.54, 1.807) is 12.1 Å². The zero-order valence-corrected chi connectivity index (χ0v) is 13.7. The summed E-state index contributed by atoms with van der Waals surface area (Å²) in [4.78, 5) is 14.8. The van der Waals surface area contributed by atoms with Gasteiger partial charge >= 0.3 is 0 Å². The smallest absolute Gasteiger partial charge is 0.226 e. The fourth-order valence-corrected chi connectivity index (χ4v) is 3.13. The molecule has 1 aliphatic carbocycles. The van der Waals surface area contributed by atoms with Gasteiger partial charge in [0, 0.05) is 19.0 Å². The van der Waals surface area contributed by atoms with E-state index >= 15 is 0 Å². The van der Waals surface area contributed by atoms with Gasteiger partial charge in [-0.25, -0.2) is 4.39 Å². The van der Waals surface area contributed by atoms with E-state index in [9.17, 15) is 9.18 Å². The summed E-state index contributed by atoms with van der Waals surface area (Å²) in [5.41, 5.74) is 7.80. The lowest BCUT2D eigenvalue weighted by molar-refractivity contribution is -0.133. The van der Waals surface area contributed by atoms with E-state index in [1.807, 2.05) is 35.2 Å². The predicted octanol–water partition coefficient (Wildman–Crippen LogP) is 3.31. The van der Waals surface area contributed by atoms with Crippen molar-refractivity contribution >= 4 is 5.91 Å². The maximum absolute atomic E-state index is 13.0. The molecular weight excluding hydrogens is 303 g/mol. The third-order valence-corrected chi connectivity index (χ3v) is 4.57. The number of carbonyl (C=O) groups excluding carboxylic acids is 1. The molecule has 0 heterocycles. The van der Waals surface area contributed by atoms with Gasteiger partial charge in [0.05, 0.1) is 0 Å². The first kappa shape index (κ1) is 16.7. The summed E-state index contributed by atoms with van der Waals surface area (Å²) in [5.74, 6) is 0.170. The highest BCUT2D eigenvalue weighted by Crippen LogP contribution is 2.48. The quantitative estimate of drug-likeness (QED) is 0.848. The average molecular weight is 326 g/mol. The fraction of sp³-hybridized carbons (Fsp3) is 0.350. The second kappa shape index (κ2) is 7.58. The van der Waals surface area contributed by atoms with Gasteiger partial charge in [0.15, 0.2) is 0 Å². The minimum Gasteiger partial charge on any atom is -0.338 e. The zero-order chi connectivity index (χ0) is 16.9. The molecule has 1 fully saturated rings. The molecular formula is C20H23FN2O. The Morgan fingerprint density at radius 3 is 2.50 bits per heavy atom. The minimum absolute atomic E-state index is 0.0111. The van der Waals surface area contributed by atoms with Gasteiger partial charge in [-0.05, 0) is 48.6 Å². The van der Waals surface area contributed by atoms with Crippen LogP contribution in [-0.2, 0) is 11.3 Å². The number of nitrogens with two attached hydrogens (primary N) is 1. The van der Waals surface area contributed by atoms with Crippen molar-refractivity contribution in [3.63, 3.8) is 0 Å². The highest BCUT2D eigenvalue weighted by Gasteiger charge is 2.45. The molecule has 2 aromatic carbocycles. The van der Waals surface area contributed by atoms with Crippen molar-refractivity contribution < 1.29 is 9.18 Å². The van der Waals surface area contributed by atoms with Crippen molar-refractivity contribution in [2.24, 2.45) is 11.7 Å². The first-order valence-corrected chi connectivity index (χ1v) is 8.47. The van der Waals surface area contributed by atoms with Gasteiger partial charge in [-0.15, -0.1) is 0 Å². The van der Waals surface area contributed by atoms with E-state index in [0.717, 1.165) is 24.0 Å². The van der Waals surface area contributed by atoms with Gasteiger partial charge in [0.25, 0.3) is 0 Å². The van der Waals surface area contributed by atoms with E-state index in [-0.39, 0.29) is 23.6 Å². The van der Waals surface area contributed by atoms with Crippen LogP contribution in [-0.4, -0.2) is 23.9 Å². The van der Waals surface area contributed by atoms with Crippen LogP contribution in [0.4, 0.5) is 4.39 Å². The predicted molar refractivity (Wildman–Crippen MR) is 92.8 cm³/mol. The molecule has 2 N–H and O–H groups in total. The number of nitrogens with zero attached hydrogens (tertiary/aromatic N) is 1. The largest absolute Gasteiger partial charge is 0.338 e. The Bertz CT molecular complexity index is 672. The van der Waals surface area contributed by atoms with Crippen molar-refractivity contribution in [1.29, 1.82) is 0 Å². The molecule has 2 atom stereocenters. The maximum atomic E-state index is 13.0. The molecule has 3 nitrogen and oxygen atoms in total. The Morgan fingerprint density at radius 2 is 1.83 bits per heavy atom. The van der Waals surface area contributed by atoms with E-state index < -0.39 is 0 Å². The van der Waals surface area contributed by atoms with Crippen molar-refractivity contribution in [3.8, 4) is 0 Å². The SMILES string of the molecule is NCCCN(Cc1ccccc1)C(=O)C1CC1c1ccc(F)cc1. The van der Waals surface area contributed by atoms with Crippen molar-refractivity contribution in [1.82, 2.24) is 4.90 Å². The summed E-state index contributed by atoms with van der Waals surface area (Å²) in [6, 6.07) is 16.5. The molecule has 2 aromatic rings. The van der Waals surface area contributed by atoms with Gasteiger partial charge in [0.2, 0.25) is 5.91 Å². The summed E-state index contributed by atoms with van der Waals surface area (Å²) in [6.07, 6.45) is 1.64. The van der Waals surface area contributed by atoms with Crippen molar-refractivity contribution in [3.05, 3.63) is 71.5 Å². The standard InChI is InChI=1S/C20H23FN2O/c21-17-9-7-16(8-10-17)18-13-19(18)20(24)23(12-4-11-22)14-15-5-2-1-3-6-15/h1-3,5-10,18-19H,4,11-14,22H2. The van der Waals surface area contributed by atoms with Gasteiger partial charge in [-0.3, -0.25) is 4.79 Å². The summed E-state index contributed by atoms with van der Waals surface area (Å²) < 4.78 is 13.0. The molecule has 0 saturated heterocycles. The lowest BCUT2D eigenvalue weighted by Crippen LogP contribution is -2.34. The molecule has 1 saturated carbocycles. The Balaban J connectivity index is 1.66. The van der Waals surface area contributed by atoms with E-state index in [4.69, 9.17) is 5.73 Å². The summed E-state index contributed by atoms with van der Waals surface area (Å²) in [5, 5.41) is 0. The lowest BCUT2D eigenvalue weighted by atomic mass is 10.1. The summed E-state index contributed by atoms with van der Waals surface area (Å²) in [6.45, 7) is 1.87. The van der Waals surface area contributed by atoms with E-state index in [1.165, 1.54) is 12.1 Å². The van der Waals surface area contributed by atoms with Gasteiger partial charge in [-0.2, -0.15) is 0 Å². The second-order valence-electron chi connectivity index (χ2n) is 6.39. The van der Waals surface area contributed by atoms with Crippen molar-refractivity contribution in [2.75, 3.05) is 13.1 Å². The number of hydrogen-bond donors (Lipinski definition) is 1. The molecule has 4 heteroatoms. The molecule has 0 aromatic heterocycles. The molecule has 3 rings (SSSR count). The molecule has 0 aliphatic heterocycles. The van der Waals surface area contributed by atoms with Crippen LogP contribution in [0.1, 0.15) is 29.9 Å². The maximum Gasteiger partial charge on any atom is 0.226 e. The first-order chi connectivity index (χ1) is 11.7. The number of benzene rings is 2. The molecule has 1 aliphatic rings. The Labute approximate surface area is 142 Å². The monoisotopic (exact) mass is 326 g/mol. The highest BCUT2D eigenvalue weighted by molar-refractivity contribution is 5.83. The number of carbonyl (C=O) groups is 1. The Hall–Kier alpha value is -2.20. The molecule has 0 bridgehead atoms. The molecule has 24 heavy (non-hydrogen) atoms. The normalized spacial score (nSPS) is 19.1. The topological polar surface area (TPSA) is 46.3 Å².